The molecule has 86 valence electrons. The summed E-state index contributed by atoms with van der Waals surface area (Å²) in [6.07, 6.45) is 5.36. The summed E-state index contributed by atoms with van der Waals surface area (Å²) < 4.78 is 0. The van der Waals surface area contributed by atoms with Gasteiger partial charge in [0.05, 0.1) is 0 Å². The number of nitrogens with one attached hydrogen (secondary N) is 2. The first kappa shape index (κ1) is 10.3. The zero-order chi connectivity index (χ0) is 10.8. The molecular weight excluding hydrogens is 196 g/mol. The van der Waals surface area contributed by atoms with Gasteiger partial charge in [0.1, 0.15) is 0 Å². The Morgan fingerprint density at radius 3 is 2.81 bits per heavy atom. The Morgan fingerprint density at radius 1 is 1.12 bits per heavy atom. The molecule has 2 N–H and O–H groups in total. The smallest absolute Gasteiger partial charge is 0.0337 e. The molecule has 1 unspecified atom stereocenters. The summed E-state index contributed by atoms with van der Waals surface area (Å²) in [5.41, 5.74) is 2.98. The van der Waals surface area contributed by atoms with Gasteiger partial charge in [-0.1, -0.05) is 30.7 Å². The summed E-state index contributed by atoms with van der Waals surface area (Å²) >= 11 is 0. The molecule has 2 heteroatoms. The lowest BCUT2D eigenvalue weighted by molar-refractivity contribution is 0.299. The minimum Gasteiger partial charge on any atom is -0.313 e. The molecule has 0 spiro atoms. The van der Waals surface area contributed by atoms with E-state index < -0.39 is 0 Å². The summed E-state index contributed by atoms with van der Waals surface area (Å²) in [6.45, 7) is 2.15. The monoisotopic (exact) mass is 216 g/mol. The predicted octanol–water partition coefficient (Wildman–Crippen LogP) is 2.36. The van der Waals surface area contributed by atoms with Crippen molar-refractivity contribution in [3.8, 4) is 0 Å². The van der Waals surface area contributed by atoms with E-state index in [1.54, 1.807) is 0 Å². The number of hydrogen-bond donors (Lipinski definition) is 2. The molecule has 0 aromatic heterocycles. The summed E-state index contributed by atoms with van der Waals surface area (Å²) in [5.74, 6) is 0. The van der Waals surface area contributed by atoms with Crippen molar-refractivity contribution in [2.24, 2.45) is 0 Å². The molecule has 1 aromatic carbocycles. The van der Waals surface area contributed by atoms with Crippen molar-refractivity contribution in [3.05, 3.63) is 35.4 Å². The molecule has 2 nitrogen and oxygen atoms in total. The number of benzene rings is 1. The minimum atomic E-state index is 0.566. The first-order valence-corrected chi connectivity index (χ1v) is 6.48. The minimum absolute atomic E-state index is 0.566. The summed E-state index contributed by atoms with van der Waals surface area (Å²) in [4.78, 5) is 0. The largest absolute Gasteiger partial charge is 0.313 e. The SMILES string of the molecule is c1ccc2c(c1)CNCCC2NC1CCC1. The van der Waals surface area contributed by atoms with Gasteiger partial charge < -0.3 is 10.6 Å². The topological polar surface area (TPSA) is 24.1 Å². The second-order valence-electron chi connectivity index (χ2n) is 5.01. The van der Waals surface area contributed by atoms with E-state index in [4.69, 9.17) is 0 Å². The maximum atomic E-state index is 3.81. The molecule has 1 aliphatic heterocycles. The Kier molecular flexibility index (Phi) is 2.94. The van der Waals surface area contributed by atoms with E-state index in [1.807, 2.05) is 0 Å². The predicted molar refractivity (Wildman–Crippen MR) is 66.3 cm³/mol. The molecule has 1 saturated carbocycles. The fraction of sp³-hybridized carbons (Fsp3) is 0.571. The highest BCUT2D eigenvalue weighted by Gasteiger charge is 2.24. The average molecular weight is 216 g/mol. The first-order valence-electron chi connectivity index (χ1n) is 6.48. The van der Waals surface area contributed by atoms with Gasteiger partial charge in [0, 0.05) is 18.6 Å². The third-order valence-electron chi connectivity index (χ3n) is 3.90. The quantitative estimate of drug-likeness (QED) is 0.793. The van der Waals surface area contributed by atoms with Crippen molar-refractivity contribution in [1.82, 2.24) is 10.6 Å². The molecule has 16 heavy (non-hydrogen) atoms. The molecular formula is C14H20N2. The van der Waals surface area contributed by atoms with E-state index in [-0.39, 0.29) is 0 Å². The van der Waals surface area contributed by atoms with Crippen LogP contribution in [0.5, 0.6) is 0 Å². The van der Waals surface area contributed by atoms with Gasteiger partial charge in [0.2, 0.25) is 0 Å². The third kappa shape index (κ3) is 2.00. The lowest BCUT2D eigenvalue weighted by atomic mass is 9.90. The van der Waals surface area contributed by atoms with E-state index in [2.05, 4.69) is 34.9 Å². The highest BCUT2D eigenvalue weighted by molar-refractivity contribution is 5.31. The van der Waals surface area contributed by atoms with Crippen LogP contribution in [-0.2, 0) is 6.54 Å². The van der Waals surface area contributed by atoms with Crippen LogP contribution in [0.3, 0.4) is 0 Å². The molecule has 1 fully saturated rings. The molecule has 0 bridgehead atoms. The average Bonchev–Trinajstić information content (AvgIpc) is 2.46. The molecule has 1 atom stereocenters. The Hall–Kier alpha value is -0.860. The van der Waals surface area contributed by atoms with Crippen molar-refractivity contribution in [2.45, 2.75) is 44.3 Å². The Labute approximate surface area is 97.4 Å². The van der Waals surface area contributed by atoms with Gasteiger partial charge >= 0.3 is 0 Å². The Balaban J connectivity index is 1.81. The zero-order valence-corrected chi connectivity index (χ0v) is 9.71. The van der Waals surface area contributed by atoms with Crippen molar-refractivity contribution < 1.29 is 0 Å². The number of fused-ring (bicyclic) bond motifs is 1. The maximum absolute atomic E-state index is 3.81. The van der Waals surface area contributed by atoms with Crippen LogP contribution >= 0.6 is 0 Å². The van der Waals surface area contributed by atoms with Gasteiger partial charge in [-0.05, 0) is 36.9 Å². The molecule has 1 aromatic rings. The highest BCUT2D eigenvalue weighted by Crippen LogP contribution is 2.27. The zero-order valence-electron chi connectivity index (χ0n) is 9.71. The number of hydrogen-bond acceptors (Lipinski definition) is 2. The van der Waals surface area contributed by atoms with Crippen molar-refractivity contribution in [2.75, 3.05) is 6.54 Å². The first-order chi connectivity index (χ1) is 7.93. The molecule has 0 radical (unpaired) electrons. The lowest BCUT2D eigenvalue weighted by Gasteiger charge is -2.31. The second kappa shape index (κ2) is 4.56. The lowest BCUT2D eigenvalue weighted by Crippen LogP contribution is -2.38. The van der Waals surface area contributed by atoms with Crippen molar-refractivity contribution >= 4 is 0 Å². The van der Waals surface area contributed by atoms with Gasteiger partial charge in [0.15, 0.2) is 0 Å². The Morgan fingerprint density at radius 2 is 2.00 bits per heavy atom. The van der Waals surface area contributed by atoms with Gasteiger partial charge in [-0.25, -0.2) is 0 Å². The summed E-state index contributed by atoms with van der Waals surface area (Å²) in [6, 6.07) is 10.2. The van der Waals surface area contributed by atoms with E-state index in [1.165, 1.54) is 36.8 Å². The number of rotatable bonds is 2. The van der Waals surface area contributed by atoms with Crippen molar-refractivity contribution in [3.63, 3.8) is 0 Å². The van der Waals surface area contributed by atoms with Crippen LogP contribution in [0.1, 0.15) is 42.9 Å². The Bertz CT molecular complexity index is 358. The van der Waals surface area contributed by atoms with Crippen LogP contribution in [-0.4, -0.2) is 12.6 Å². The third-order valence-corrected chi connectivity index (χ3v) is 3.90. The second-order valence-corrected chi connectivity index (χ2v) is 5.01. The van der Waals surface area contributed by atoms with Gasteiger partial charge in [0.25, 0.3) is 0 Å². The molecule has 3 rings (SSSR count). The van der Waals surface area contributed by atoms with Gasteiger partial charge in [-0.3, -0.25) is 0 Å². The molecule has 1 aliphatic carbocycles. The summed E-state index contributed by atoms with van der Waals surface area (Å²) in [5, 5.41) is 7.31. The standard InChI is InChI=1S/C14H20N2/c1-2-7-13-11(4-1)10-15-9-8-14(13)16-12-5-3-6-12/h1-2,4,7,12,14-16H,3,5-6,8-10H2. The molecule has 2 aliphatic rings. The fourth-order valence-electron chi connectivity index (χ4n) is 2.69. The van der Waals surface area contributed by atoms with Crippen LogP contribution < -0.4 is 10.6 Å². The van der Waals surface area contributed by atoms with Gasteiger partial charge in [-0.15, -0.1) is 0 Å². The highest BCUT2D eigenvalue weighted by atomic mass is 15.0. The molecule has 0 saturated heterocycles. The van der Waals surface area contributed by atoms with Crippen LogP contribution in [0.15, 0.2) is 24.3 Å². The maximum Gasteiger partial charge on any atom is 0.0337 e. The van der Waals surface area contributed by atoms with Crippen LogP contribution in [0, 0.1) is 0 Å². The van der Waals surface area contributed by atoms with E-state index >= 15 is 0 Å². The normalized spacial score (nSPS) is 25.6. The molecule has 1 heterocycles. The van der Waals surface area contributed by atoms with Crippen LogP contribution in [0.4, 0.5) is 0 Å². The van der Waals surface area contributed by atoms with E-state index in [0.717, 1.165) is 19.1 Å². The van der Waals surface area contributed by atoms with E-state index in [0.29, 0.717) is 6.04 Å². The molecule has 0 amide bonds. The van der Waals surface area contributed by atoms with Gasteiger partial charge in [-0.2, -0.15) is 0 Å². The fourth-order valence-corrected chi connectivity index (χ4v) is 2.69. The van der Waals surface area contributed by atoms with E-state index in [9.17, 15) is 0 Å². The van der Waals surface area contributed by atoms with Crippen LogP contribution in [0.25, 0.3) is 0 Å². The van der Waals surface area contributed by atoms with Crippen molar-refractivity contribution in [1.29, 1.82) is 0 Å². The van der Waals surface area contributed by atoms with Crippen LogP contribution in [0.2, 0.25) is 0 Å². The summed E-state index contributed by atoms with van der Waals surface area (Å²) in [7, 11) is 0.